The van der Waals surface area contributed by atoms with E-state index in [0.717, 1.165) is 30.5 Å². The molecule has 6 rings (SSSR count). The molecule has 3 atom stereocenters. The minimum atomic E-state index is -0.649. The van der Waals surface area contributed by atoms with Gasteiger partial charge in [-0.15, -0.1) is 5.10 Å². The number of ether oxygens (including phenoxy) is 2. The molecule has 2 aliphatic rings. The summed E-state index contributed by atoms with van der Waals surface area (Å²) in [6.07, 6.45) is 2.94. The molecular weight excluding hydrogens is 661 g/mol. The summed E-state index contributed by atoms with van der Waals surface area (Å²) < 4.78 is 13.9. The molecular formula is C34H38Cl3N7O3. The lowest BCUT2D eigenvalue weighted by molar-refractivity contribution is 0.00557. The number of carbonyl (C=O) groups is 1. The van der Waals surface area contributed by atoms with E-state index in [0.29, 0.717) is 74.4 Å². The average molecular weight is 699 g/mol. The Labute approximate surface area is 289 Å². The van der Waals surface area contributed by atoms with E-state index in [-0.39, 0.29) is 24.5 Å². The van der Waals surface area contributed by atoms with E-state index in [2.05, 4.69) is 28.3 Å². The second-order valence-electron chi connectivity index (χ2n) is 13.5. The van der Waals surface area contributed by atoms with Crippen LogP contribution in [-0.4, -0.2) is 80.3 Å². The molecule has 2 aliphatic heterocycles. The maximum atomic E-state index is 13.1. The van der Waals surface area contributed by atoms with Crippen LogP contribution < -0.4 is 4.74 Å². The van der Waals surface area contributed by atoms with Crippen molar-refractivity contribution in [3.8, 4) is 23.1 Å². The summed E-state index contributed by atoms with van der Waals surface area (Å²) in [5.41, 5.74) is 3.35. The lowest BCUT2D eigenvalue weighted by Gasteiger charge is -2.39. The number of pyridine rings is 1. The molecule has 10 nitrogen and oxygen atoms in total. The summed E-state index contributed by atoms with van der Waals surface area (Å²) in [5, 5.41) is 21.0. The zero-order valence-corrected chi connectivity index (χ0v) is 29.5. The quantitative estimate of drug-likeness (QED) is 0.198. The molecule has 4 heterocycles. The number of likely N-dealkylation sites (N-methyl/N-ethyl adjacent to an activating group) is 1. The number of likely N-dealkylation sites (tertiary alicyclic amines) is 2. The first kappa shape index (κ1) is 33.5. The highest BCUT2D eigenvalue weighted by Crippen LogP contribution is 2.45. The van der Waals surface area contributed by atoms with Crippen LogP contribution in [0.1, 0.15) is 64.5 Å². The SMILES string of the molecule is Cc1c(Cl)cccc1-c1c(Cl)cc2c(nc(OC[C@@H]3CCCN3C)c3nnn([C@H]4CCN(C(=O)OC(C)(C)C)[C@H](CC#N)C4)c32)c1Cl. The average Bonchev–Trinajstić information content (AvgIpc) is 3.64. The standard InChI is InChI=1S/C34H38Cl3N7O3/c1-19-23(9-6-10-25(19)35)27-26(36)17-24-29(28(27)37)39-32(46-18-22-8-7-14-42(22)5)30-31(24)44(41-40-30)21-12-15-43(20(16-21)11-13-38)33(45)47-34(2,3)4/h6,9-10,17,20-22H,7-8,11-12,14-16,18H2,1-5H3/t20-,21+,22+/m1/s1. The summed E-state index contributed by atoms with van der Waals surface area (Å²) in [5.74, 6) is 0.344. The van der Waals surface area contributed by atoms with Crippen molar-refractivity contribution in [3.05, 3.63) is 44.9 Å². The highest BCUT2D eigenvalue weighted by molar-refractivity contribution is 6.43. The number of amides is 1. The van der Waals surface area contributed by atoms with Gasteiger partial charge in [-0.25, -0.2) is 14.5 Å². The second-order valence-corrected chi connectivity index (χ2v) is 14.7. The van der Waals surface area contributed by atoms with E-state index < -0.39 is 11.7 Å². The number of nitriles is 1. The molecule has 4 aromatic rings. The Bertz CT molecular complexity index is 1880. The molecule has 0 spiro atoms. The minimum Gasteiger partial charge on any atom is -0.474 e. The van der Waals surface area contributed by atoms with Crippen molar-refractivity contribution < 1.29 is 14.3 Å². The molecule has 2 aromatic heterocycles. The maximum absolute atomic E-state index is 13.1. The number of carbonyl (C=O) groups excluding carboxylic acids is 1. The van der Waals surface area contributed by atoms with Crippen LogP contribution in [0.25, 0.3) is 33.1 Å². The van der Waals surface area contributed by atoms with E-state index in [1.54, 1.807) is 4.90 Å². The fraction of sp³-hybridized carbons (Fsp3) is 0.500. The summed E-state index contributed by atoms with van der Waals surface area (Å²) >= 11 is 20.7. The molecule has 2 fully saturated rings. The Morgan fingerprint density at radius 2 is 1.89 bits per heavy atom. The van der Waals surface area contributed by atoms with E-state index in [1.165, 1.54) is 0 Å². The predicted octanol–water partition coefficient (Wildman–Crippen LogP) is 8.24. The van der Waals surface area contributed by atoms with Crippen molar-refractivity contribution >= 4 is 62.8 Å². The Morgan fingerprint density at radius 1 is 1.11 bits per heavy atom. The highest BCUT2D eigenvalue weighted by Gasteiger charge is 2.36. The molecule has 2 saturated heterocycles. The van der Waals surface area contributed by atoms with E-state index >= 15 is 0 Å². The normalized spacial score (nSPS) is 20.6. The van der Waals surface area contributed by atoms with Gasteiger partial charge in [-0.1, -0.05) is 52.1 Å². The van der Waals surface area contributed by atoms with Gasteiger partial charge in [0.2, 0.25) is 5.88 Å². The Kier molecular flexibility index (Phi) is 9.47. The molecule has 0 aliphatic carbocycles. The number of piperidine rings is 1. The number of aromatic nitrogens is 4. The summed E-state index contributed by atoms with van der Waals surface area (Å²) in [6, 6.07) is 9.45. The van der Waals surface area contributed by atoms with Gasteiger partial charge < -0.3 is 19.3 Å². The van der Waals surface area contributed by atoms with Crippen molar-refractivity contribution in [2.75, 3.05) is 26.7 Å². The third-order valence-corrected chi connectivity index (χ3v) is 10.2. The molecule has 1 amide bonds. The topological polar surface area (TPSA) is 109 Å². The van der Waals surface area contributed by atoms with Crippen molar-refractivity contribution in [1.82, 2.24) is 29.8 Å². The fourth-order valence-electron chi connectivity index (χ4n) is 6.70. The van der Waals surface area contributed by atoms with E-state index in [1.807, 2.05) is 56.6 Å². The van der Waals surface area contributed by atoms with Crippen LogP contribution in [0.2, 0.25) is 15.1 Å². The van der Waals surface area contributed by atoms with Gasteiger partial charge in [0, 0.05) is 28.6 Å². The largest absolute Gasteiger partial charge is 0.474 e. The van der Waals surface area contributed by atoms with Gasteiger partial charge in [0.05, 0.1) is 40.1 Å². The highest BCUT2D eigenvalue weighted by atomic mass is 35.5. The maximum Gasteiger partial charge on any atom is 0.410 e. The van der Waals surface area contributed by atoms with Gasteiger partial charge >= 0.3 is 6.09 Å². The molecule has 0 unspecified atom stereocenters. The van der Waals surface area contributed by atoms with Crippen LogP contribution in [0.5, 0.6) is 5.88 Å². The van der Waals surface area contributed by atoms with Gasteiger partial charge in [-0.3, -0.25) is 0 Å². The number of halogens is 3. The van der Waals surface area contributed by atoms with Gasteiger partial charge in [0.25, 0.3) is 0 Å². The monoisotopic (exact) mass is 697 g/mol. The molecule has 47 heavy (non-hydrogen) atoms. The van der Waals surface area contributed by atoms with Gasteiger partial charge in [-0.05, 0) is 90.2 Å². The van der Waals surface area contributed by atoms with Gasteiger partial charge in [0.1, 0.15) is 17.7 Å². The van der Waals surface area contributed by atoms with Crippen LogP contribution >= 0.6 is 34.8 Å². The van der Waals surface area contributed by atoms with Crippen molar-refractivity contribution in [2.24, 2.45) is 0 Å². The smallest absolute Gasteiger partial charge is 0.410 e. The lowest BCUT2D eigenvalue weighted by Crippen LogP contribution is -2.48. The summed E-state index contributed by atoms with van der Waals surface area (Å²) in [4.78, 5) is 22.0. The number of fused-ring (bicyclic) bond motifs is 3. The Morgan fingerprint density at radius 3 is 2.60 bits per heavy atom. The first-order chi connectivity index (χ1) is 22.4. The fourth-order valence-corrected chi connectivity index (χ4v) is 7.58. The molecule has 0 saturated carbocycles. The van der Waals surface area contributed by atoms with Crippen LogP contribution in [0.3, 0.4) is 0 Å². The number of hydrogen-bond donors (Lipinski definition) is 0. The molecule has 0 bridgehead atoms. The van der Waals surface area contributed by atoms with Crippen LogP contribution in [-0.2, 0) is 4.74 Å². The first-order valence-corrected chi connectivity index (χ1v) is 17.0. The van der Waals surface area contributed by atoms with Crippen molar-refractivity contribution in [2.45, 2.75) is 83.5 Å². The van der Waals surface area contributed by atoms with Crippen molar-refractivity contribution in [3.63, 3.8) is 0 Å². The zero-order chi connectivity index (χ0) is 33.6. The molecule has 0 radical (unpaired) electrons. The zero-order valence-electron chi connectivity index (χ0n) is 27.2. The predicted molar refractivity (Wildman–Crippen MR) is 184 cm³/mol. The number of hydrogen-bond acceptors (Lipinski definition) is 8. The van der Waals surface area contributed by atoms with E-state index in [4.69, 9.17) is 49.3 Å². The summed E-state index contributed by atoms with van der Waals surface area (Å²) in [7, 11) is 2.10. The van der Waals surface area contributed by atoms with E-state index in [9.17, 15) is 10.1 Å². The number of benzene rings is 2. The summed E-state index contributed by atoms with van der Waals surface area (Å²) in [6.45, 7) is 9.28. The van der Waals surface area contributed by atoms with Crippen LogP contribution in [0, 0.1) is 18.3 Å². The first-order valence-electron chi connectivity index (χ1n) is 15.9. The number of nitrogens with zero attached hydrogens (tertiary/aromatic N) is 7. The minimum absolute atomic E-state index is 0.161. The number of rotatable bonds is 6. The van der Waals surface area contributed by atoms with Gasteiger partial charge in [-0.2, -0.15) is 5.26 Å². The lowest BCUT2D eigenvalue weighted by atomic mass is 9.95. The molecule has 2 aromatic carbocycles. The van der Waals surface area contributed by atoms with Crippen molar-refractivity contribution in [1.29, 1.82) is 5.26 Å². The van der Waals surface area contributed by atoms with Gasteiger partial charge in [0.15, 0.2) is 5.52 Å². The Hall–Kier alpha value is -3.36. The molecule has 248 valence electrons. The van der Waals surface area contributed by atoms with Crippen LogP contribution in [0.15, 0.2) is 24.3 Å². The Balaban J connectivity index is 1.47. The third kappa shape index (κ3) is 6.56. The molecule has 13 heteroatoms. The second kappa shape index (κ2) is 13.3. The van der Waals surface area contributed by atoms with Crippen LogP contribution in [0.4, 0.5) is 4.79 Å². The third-order valence-electron chi connectivity index (χ3n) is 9.17. The molecule has 0 N–H and O–H groups in total.